The van der Waals surface area contributed by atoms with Crippen molar-refractivity contribution in [2.75, 3.05) is 40.0 Å². The van der Waals surface area contributed by atoms with Gasteiger partial charge in [0, 0.05) is 32.1 Å². The molecule has 134 valence electrons. The van der Waals surface area contributed by atoms with Crippen LogP contribution in [0.4, 0.5) is 0 Å². The predicted molar refractivity (Wildman–Crippen MR) is 95.3 cm³/mol. The lowest BCUT2D eigenvalue weighted by atomic mass is 10.0. The minimum Gasteiger partial charge on any atom is -0.497 e. The van der Waals surface area contributed by atoms with Gasteiger partial charge in [0.05, 0.1) is 20.3 Å². The second kappa shape index (κ2) is 9.64. The van der Waals surface area contributed by atoms with E-state index in [9.17, 15) is 4.79 Å². The molecule has 0 saturated carbocycles. The van der Waals surface area contributed by atoms with Crippen LogP contribution in [0.2, 0.25) is 0 Å². The first-order chi connectivity index (χ1) is 11.6. The summed E-state index contributed by atoms with van der Waals surface area (Å²) in [5.41, 5.74) is 1.15. The Morgan fingerprint density at radius 2 is 1.92 bits per heavy atom. The molecule has 1 amide bonds. The molecular formula is C19H30N2O3. The Balaban J connectivity index is 1.75. The summed E-state index contributed by atoms with van der Waals surface area (Å²) in [6, 6.07) is 8.26. The molecule has 0 radical (unpaired) electrons. The average Bonchev–Trinajstić information content (AvgIpc) is 2.61. The summed E-state index contributed by atoms with van der Waals surface area (Å²) in [5, 5.41) is 3.11. The number of ether oxygens (including phenoxy) is 2. The van der Waals surface area contributed by atoms with Crippen LogP contribution in [0.1, 0.15) is 25.8 Å². The van der Waals surface area contributed by atoms with Crippen molar-refractivity contribution in [3.05, 3.63) is 29.8 Å². The molecular weight excluding hydrogens is 304 g/mol. The summed E-state index contributed by atoms with van der Waals surface area (Å²) >= 11 is 0. The van der Waals surface area contributed by atoms with Gasteiger partial charge in [-0.05, 0) is 30.0 Å². The number of hydrogen-bond donors (Lipinski definition) is 1. The van der Waals surface area contributed by atoms with E-state index in [0.717, 1.165) is 44.0 Å². The zero-order valence-electron chi connectivity index (χ0n) is 15.1. The van der Waals surface area contributed by atoms with Gasteiger partial charge in [0.25, 0.3) is 0 Å². The molecule has 24 heavy (non-hydrogen) atoms. The molecule has 0 aromatic heterocycles. The number of nitrogens with one attached hydrogen (secondary N) is 1. The molecule has 2 rings (SSSR count). The van der Waals surface area contributed by atoms with E-state index in [1.807, 2.05) is 24.3 Å². The second-order valence-corrected chi connectivity index (χ2v) is 6.61. The summed E-state index contributed by atoms with van der Waals surface area (Å²) in [5.74, 6) is 1.46. The van der Waals surface area contributed by atoms with Crippen LogP contribution >= 0.6 is 0 Å². The topological polar surface area (TPSA) is 50.8 Å². The zero-order valence-corrected chi connectivity index (χ0v) is 15.1. The van der Waals surface area contributed by atoms with E-state index in [-0.39, 0.29) is 5.91 Å². The normalized spacial score (nSPS) is 16.8. The van der Waals surface area contributed by atoms with Crippen molar-refractivity contribution in [3.8, 4) is 5.75 Å². The minimum atomic E-state index is 0.115. The minimum absolute atomic E-state index is 0.115. The third-order valence-corrected chi connectivity index (χ3v) is 4.59. The van der Waals surface area contributed by atoms with Crippen molar-refractivity contribution in [3.63, 3.8) is 0 Å². The number of morpholine rings is 1. The van der Waals surface area contributed by atoms with Crippen LogP contribution in [0, 0.1) is 5.92 Å². The molecule has 1 aromatic carbocycles. The molecule has 1 aliphatic heterocycles. The number of nitrogens with zero attached hydrogens (tertiary/aromatic N) is 1. The van der Waals surface area contributed by atoms with E-state index < -0.39 is 0 Å². The predicted octanol–water partition coefficient (Wildman–Crippen LogP) is 2.10. The first-order valence-corrected chi connectivity index (χ1v) is 8.81. The quantitative estimate of drug-likeness (QED) is 0.791. The molecule has 1 aliphatic rings. The van der Waals surface area contributed by atoms with Gasteiger partial charge in [0.1, 0.15) is 5.75 Å². The largest absolute Gasteiger partial charge is 0.497 e. The van der Waals surface area contributed by atoms with Crippen LogP contribution in [0.15, 0.2) is 24.3 Å². The SMILES string of the molecule is COc1ccc(CCC(=O)NC[C@H](C(C)C)N2CCOCC2)cc1. The van der Waals surface area contributed by atoms with Gasteiger partial charge in [0.15, 0.2) is 0 Å². The first kappa shape index (κ1) is 18.7. The van der Waals surface area contributed by atoms with E-state index in [2.05, 4.69) is 24.1 Å². The van der Waals surface area contributed by atoms with E-state index in [0.29, 0.717) is 24.9 Å². The highest BCUT2D eigenvalue weighted by Crippen LogP contribution is 2.14. The summed E-state index contributed by atoms with van der Waals surface area (Å²) in [6.45, 7) is 8.60. The van der Waals surface area contributed by atoms with Crippen molar-refractivity contribution >= 4 is 5.91 Å². The fourth-order valence-corrected chi connectivity index (χ4v) is 3.05. The Bertz CT molecular complexity index is 496. The van der Waals surface area contributed by atoms with E-state index in [1.165, 1.54) is 0 Å². The molecule has 0 aliphatic carbocycles. The van der Waals surface area contributed by atoms with Crippen molar-refractivity contribution in [1.82, 2.24) is 10.2 Å². The molecule has 5 heteroatoms. The number of amides is 1. The van der Waals surface area contributed by atoms with Gasteiger partial charge in [0.2, 0.25) is 5.91 Å². The Morgan fingerprint density at radius 3 is 2.50 bits per heavy atom. The molecule has 0 unspecified atom stereocenters. The third kappa shape index (κ3) is 5.80. The highest BCUT2D eigenvalue weighted by atomic mass is 16.5. The van der Waals surface area contributed by atoms with Crippen molar-refractivity contribution < 1.29 is 14.3 Å². The molecule has 1 aromatic rings. The summed E-state index contributed by atoms with van der Waals surface area (Å²) in [6.07, 6.45) is 1.26. The second-order valence-electron chi connectivity index (χ2n) is 6.61. The molecule has 1 atom stereocenters. The Morgan fingerprint density at radius 1 is 1.25 bits per heavy atom. The van der Waals surface area contributed by atoms with Crippen LogP contribution in [-0.2, 0) is 16.0 Å². The lowest BCUT2D eigenvalue weighted by Gasteiger charge is -2.36. The average molecular weight is 334 g/mol. The fourth-order valence-electron chi connectivity index (χ4n) is 3.05. The number of hydrogen-bond acceptors (Lipinski definition) is 4. The molecule has 1 saturated heterocycles. The van der Waals surface area contributed by atoms with Gasteiger partial charge in [-0.15, -0.1) is 0 Å². The Kier molecular flexibility index (Phi) is 7.53. The van der Waals surface area contributed by atoms with Gasteiger partial charge in [-0.3, -0.25) is 9.69 Å². The number of benzene rings is 1. The number of aryl methyl sites for hydroxylation is 1. The standard InChI is InChI=1S/C19H30N2O3/c1-15(2)18(21-10-12-24-13-11-21)14-20-19(22)9-6-16-4-7-17(23-3)8-5-16/h4-5,7-8,15,18H,6,9-14H2,1-3H3,(H,20,22)/t18-/m1/s1. The highest BCUT2D eigenvalue weighted by Gasteiger charge is 2.24. The lowest BCUT2D eigenvalue weighted by molar-refractivity contribution is -0.121. The Labute approximate surface area is 145 Å². The van der Waals surface area contributed by atoms with E-state index in [1.54, 1.807) is 7.11 Å². The maximum Gasteiger partial charge on any atom is 0.220 e. The monoisotopic (exact) mass is 334 g/mol. The van der Waals surface area contributed by atoms with Gasteiger partial charge in [-0.25, -0.2) is 0 Å². The lowest BCUT2D eigenvalue weighted by Crippen LogP contribution is -2.51. The molecule has 1 heterocycles. The fraction of sp³-hybridized carbons (Fsp3) is 0.632. The van der Waals surface area contributed by atoms with Crippen LogP contribution in [-0.4, -0.2) is 56.8 Å². The van der Waals surface area contributed by atoms with Gasteiger partial charge in [-0.1, -0.05) is 26.0 Å². The first-order valence-electron chi connectivity index (χ1n) is 8.81. The number of rotatable bonds is 8. The van der Waals surface area contributed by atoms with Crippen LogP contribution in [0.25, 0.3) is 0 Å². The highest BCUT2D eigenvalue weighted by molar-refractivity contribution is 5.76. The maximum absolute atomic E-state index is 12.2. The van der Waals surface area contributed by atoms with Crippen molar-refractivity contribution in [1.29, 1.82) is 0 Å². The third-order valence-electron chi connectivity index (χ3n) is 4.59. The van der Waals surface area contributed by atoms with Gasteiger partial charge < -0.3 is 14.8 Å². The van der Waals surface area contributed by atoms with Crippen LogP contribution < -0.4 is 10.1 Å². The molecule has 1 fully saturated rings. The number of methoxy groups -OCH3 is 1. The molecule has 0 spiro atoms. The smallest absolute Gasteiger partial charge is 0.220 e. The maximum atomic E-state index is 12.2. The van der Waals surface area contributed by atoms with Crippen molar-refractivity contribution in [2.24, 2.45) is 5.92 Å². The zero-order chi connectivity index (χ0) is 17.4. The van der Waals surface area contributed by atoms with Crippen molar-refractivity contribution in [2.45, 2.75) is 32.7 Å². The summed E-state index contributed by atoms with van der Waals surface area (Å²) in [4.78, 5) is 14.6. The Hall–Kier alpha value is -1.59. The van der Waals surface area contributed by atoms with Gasteiger partial charge >= 0.3 is 0 Å². The van der Waals surface area contributed by atoms with Crippen LogP contribution in [0.5, 0.6) is 5.75 Å². The number of carbonyl (C=O) groups is 1. The molecule has 5 nitrogen and oxygen atoms in total. The van der Waals surface area contributed by atoms with Crippen LogP contribution in [0.3, 0.4) is 0 Å². The van der Waals surface area contributed by atoms with Gasteiger partial charge in [-0.2, -0.15) is 0 Å². The molecule has 0 bridgehead atoms. The summed E-state index contributed by atoms with van der Waals surface area (Å²) < 4.78 is 10.6. The van der Waals surface area contributed by atoms with E-state index in [4.69, 9.17) is 9.47 Å². The number of carbonyl (C=O) groups excluding carboxylic acids is 1. The molecule has 1 N–H and O–H groups in total. The van der Waals surface area contributed by atoms with E-state index >= 15 is 0 Å². The summed E-state index contributed by atoms with van der Waals surface area (Å²) in [7, 11) is 1.65.